The highest BCUT2D eigenvalue weighted by Gasteiger charge is 2.48. The lowest BCUT2D eigenvalue weighted by Gasteiger charge is -2.49. The van der Waals surface area contributed by atoms with Crippen LogP contribution < -0.4 is 0 Å². The molecule has 0 N–H and O–H groups in total. The van der Waals surface area contributed by atoms with Crippen LogP contribution in [0.25, 0.3) is 0 Å². The van der Waals surface area contributed by atoms with E-state index in [1.54, 1.807) is 25.8 Å². The van der Waals surface area contributed by atoms with Crippen LogP contribution in [-0.2, 0) is 14.3 Å². The van der Waals surface area contributed by atoms with Gasteiger partial charge >= 0.3 is 0 Å². The van der Waals surface area contributed by atoms with Crippen molar-refractivity contribution < 1.29 is 14.3 Å². The number of rotatable bonds is 3. The summed E-state index contributed by atoms with van der Waals surface area (Å²) in [6, 6.07) is 0. The summed E-state index contributed by atoms with van der Waals surface area (Å²) in [4.78, 5) is 12.3. The first-order valence-electron chi connectivity index (χ1n) is 7.25. The number of hydrogen-bond donors (Lipinski definition) is 0. The van der Waals surface area contributed by atoms with Crippen LogP contribution in [0.2, 0.25) is 0 Å². The molecule has 2 rings (SSSR count). The Morgan fingerprint density at radius 2 is 2.11 bits per heavy atom. The molecule has 2 fully saturated rings. The van der Waals surface area contributed by atoms with Crippen LogP contribution in [-0.4, -0.2) is 35.3 Å². The highest BCUT2D eigenvalue weighted by molar-refractivity contribution is 8.01. The van der Waals surface area contributed by atoms with Gasteiger partial charge in [0.15, 0.2) is 11.2 Å². The molecule has 2 aliphatic rings. The first-order chi connectivity index (χ1) is 8.85. The first kappa shape index (κ1) is 15.3. The Balaban J connectivity index is 2.12. The summed E-state index contributed by atoms with van der Waals surface area (Å²) in [6.07, 6.45) is 3.43. The summed E-state index contributed by atoms with van der Waals surface area (Å²) < 4.78 is 11.4. The molecule has 0 amide bonds. The van der Waals surface area contributed by atoms with E-state index >= 15 is 0 Å². The molecule has 0 unspecified atom stereocenters. The summed E-state index contributed by atoms with van der Waals surface area (Å²) in [5.41, 5.74) is -0.364. The Kier molecular flexibility index (Phi) is 4.63. The summed E-state index contributed by atoms with van der Waals surface area (Å²) in [5.74, 6) is 1.34. The molecule has 4 heteroatoms. The highest BCUT2D eigenvalue weighted by Crippen LogP contribution is 2.50. The van der Waals surface area contributed by atoms with Crippen LogP contribution in [0.1, 0.15) is 47.0 Å². The highest BCUT2D eigenvalue weighted by atomic mass is 32.2. The fourth-order valence-electron chi connectivity index (χ4n) is 3.26. The molecule has 0 bridgehead atoms. The van der Waals surface area contributed by atoms with Crippen LogP contribution in [0.3, 0.4) is 0 Å². The fourth-order valence-corrected chi connectivity index (χ4v) is 4.76. The molecule has 0 spiro atoms. The molecule has 19 heavy (non-hydrogen) atoms. The second kappa shape index (κ2) is 5.74. The minimum Gasteiger partial charge on any atom is -0.374 e. The molecule has 1 aliphatic carbocycles. The van der Waals surface area contributed by atoms with Crippen LogP contribution in [0, 0.1) is 11.8 Å². The van der Waals surface area contributed by atoms with E-state index in [0.717, 1.165) is 6.42 Å². The molecular weight excluding hydrogens is 260 g/mol. The largest absolute Gasteiger partial charge is 0.374 e. The minimum atomic E-state index is -0.383. The topological polar surface area (TPSA) is 35.5 Å². The van der Waals surface area contributed by atoms with Gasteiger partial charge in [0.2, 0.25) is 0 Å². The summed E-state index contributed by atoms with van der Waals surface area (Å²) >= 11 is 1.68. The Hall–Kier alpha value is -0.0600. The monoisotopic (exact) mass is 286 g/mol. The molecule has 1 saturated heterocycles. The third-order valence-corrected chi connectivity index (χ3v) is 6.11. The number of hydrogen-bond acceptors (Lipinski definition) is 4. The first-order valence-corrected chi connectivity index (χ1v) is 8.13. The molecule has 1 saturated carbocycles. The zero-order chi connectivity index (χ0) is 14.2. The lowest BCUT2D eigenvalue weighted by molar-refractivity contribution is -0.142. The molecule has 5 atom stereocenters. The Bertz CT molecular complexity index is 342. The minimum absolute atomic E-state index is 0.0669. The van der Waals surface area contributed by atoms with Crippen molar-refractivity contribution in [2.45, 2.75) is 69.3 Å². The van der Waals surface area contributed by atoms with Crippen LogP contribution >= 0.6 is 11.8 Å². The van der Waals surface area contributed by atoms with Gasteiger partial charge < -0.3 is 9.47 Å². The van der Waals surface area contributed by atoms with Crippen molar-refractivity contribution in [3.63, 3.8) is 0 Å². The van der Waals surface area contributed by atoms with Gasteiger partial charge in [-0.15, -0.1) is 11.8 Å². The maximum atomic E-state index is 12.3. The maximum absolute atomic E-state index is 12.3. The van der Waals surface area contributed by atoms with E-state index in [1.165, 1.54) is 12.8 Å². The molecule has 0 aromatic carbocycles. The molecule has 1 heterocycles. The number of thioether (sulfide) groups is 1. The zero-order valence-corrected chi connectivity index (χ0v) is 13.5. The Morgan fingerprint density at radius 3 is 2.74 bits per heavy atom. The standard InChI is InChI=1S/C15H26O3S/c1-9-6-7-11-12(8-9)18-14(19-15(11,3)4)13(16)10(2)17-5/h9-12,14H,6-8H2,1-5H3/t9-,10+,11-,12-,14-/m1/s1. The van der Waals surface area contributed by atoms with Crippen molar-refractivity contribution in [1.82, 2.24) is 0 Å². The van der Waals surface area contributed by atoms with Gasteiger partial charge in [-0.1, -0.05) is 27.2 Å². The van der Waals surface area contributed by atoms with Crippen molar-refractivity contribution in [3.8, 4) is 0 Å². The number of ether oxygens (including phenoxy) is 2. The molecular formula is C15H26O3S. The van der Waals surface area contributed by atoms with Crippen LogP contribution in [0.5, 0.6) is 0 Å². The van der Waals surface area contributed by atoms with E-state index in [2.05, 4.69) is 20.8 Å². The number of methoxy groups -OCH3 is 1. The molecule has 110 valence electrons. The molecule has 1 aliphatic heterocycles. The van der Waals surface area contributed by atoms with E-state index in [4.69, 9.17) is 9.47 Å². The van der Waals surface area contributed by atoms with Crippen LogP contribution in [0.4, 0.5) is 0 Å². The fraction of sp³-hybridized carbons (Fsp3) is 0.933. The lowest BCUT2D eigenvalue weighted by atomic mass is 9.75. The van der Waals surface area contributed by atoms with Crippen LogP contribution in [0.15, 0.2) is 0 Å². The third-order valence-electron chi connectivity index (χ3n) is 4.64. The van der Waals surface area contributed by atoms with Gasteiger partial charge in [0, 0.05) is 11.9 Å². The normalized spacial score (nSPS) is 39.4. The number of ketones is 1. The second-order valence-corrected chi connectivity index (χ2v) is 8.25. The zero-order valence-electron chi connectivity index (χ0n) is 12.6. The number of carbonyl (C=O) groups is 1. The number of Topliss-reactive ketones (excluding diaryl/α,β-unsaturated/α-hetero) is 1. The molecule has 0 aromatic heterocycles. The van der Waals surface area contributed by atoms with E-state index in [9.17, 15) is 4.79 Å². The van der Waals surface area contributed by atoms with Crippen molar-refractivity contribution >= 4 is 17.5 Å². The third kappa shape index (κ3) is 3.17. The van der Waals surface area contributed by atoms with Gasteiger partial charge in [0.25, 0.3) is 0 Å². The van der Waals surface area contributed by atoms with E-state index in [0.29, 0.717) is 11.8 Å². The average molecular weight is 286 g/mol. The lowest BCUT2D eigenvalue weighted by Crippen LogP contribution is -2.51. The van der Waals surface area contributed by atoms with Gasteiger partial charge in [-0.3, -0.25) is 4.79 Å². The quantitative estimate of drug-likeness (QED) is 0.798. The smallest absolute Gasteiger partial charge is 0.200 e. The van der Waals surface area contributed by atoms with E-state index in [-0.39, 0.29) is 28.2 Å². The Morgan fingerprint density at radius 1 is 1.42 bits per heavy atom. The summed E-state index contributed by atoms with van der Waals surface area (Å²) in [7, 11) is 1.58. The average Bonchev–Trinajstić information content (AvgIpc) is 2.35. The molecule has 0 aromatic rings. The van der Waals surface area contributed by atoms with Crippen molar-refractivity contribution in [3.05, 3.63) is 0 Å². The molecule has 0 radical (unpaired) electrons. The van der Waals surface area contributed by atoms with Crippen molar-refractivity contribution in [2.75, 3.05) is 7.11 Å². The van der Waals surface area contributed by atoms with Gasteiger partial charge in [0.1, 0.15) is 6.10 Å². The van der Waals surface area contributed by atoms with Gasteiger partial charge in [-0.05, 0) is 31.6 Å². The predicted molar refractivity (Wildman–Crippen MR) is 78.3 cm³/mol. The van der Waals surface area contributed by atoms with Gasteiger partial charge in [-0.2, -0.15) is 0 Å². The van der Waals surface area contributed by atoms with Gasteiger partial charge in [-0.25, -0.2) is 0 Å². The number of fused-ring (bicyclic) bond motifs is 1. The molecule has 3 nitrogen and oxygen atoms in total. The maximum Gasteiger partial charge on any atom is 0.200 e. The number of carbonyl (C=O) groups excluding carboxylic acids is 1. The summed E-state index contributed by atoms with van der Waals surface area (Å²) in [5, 5.41) is 0. The summed E-state index contributed by atoms with van der Waals surface area (Å²) in [6.45, 7) is 8.59. The van der Waals surface area contributed by atoms with E-state index in [1.807, 2.05) is 0 Å². The SMILES string of the molecule is CO[C@@H](C)C(=O)[C@@H]1O[C@@H]2C[C@H](C)CC[C@H]2C(C)(C)S1. The van der Waals surface area contributed by atoms with Crippen molar-refractivity contribution in [2.24, 2.45) is 11.8 Å². The predicted octanol–water partition coefficient (Wildman–Crippen LogP) is 3.26. The Labute approximate surface area is 120 Å². The van der Waals surface area contributed by atoms with E-state index < -0.39 is 0 Å². The second-order valence-electron chi connectivity index (χ2n) is 6.53. The van der Waals surface area contributed by atoms with Gasteiger partial charge in [0.05, 0.1) is 6.10 Å². The van der Waals surface area contributed by atoms with Crippen molar-refractivity contribution in [1.29, 1.82) is 0 Å².